The molecule has 2 N–H and O–H groups in total. The minimum absolute atomic E-state index is 0.0924. The van der Waals surface area contributed by atoms with Crippen LogP contribution in [0, 0.1) is 24.0 Å². The molecule has 0 spiro atoms. The second-order valence-electron chi connectivity index (χ2n) is 7.48. The van der Waals surface area contributed by atoms with Crippen LogP contribution in [0.25, 0.3) is 10.2 Å². The number of thiazole rings is 1. The standard InChI is InChI=1S/C22H19ClN6O4S/c1-12-4-3-5-15(23)20(12)27-21(31)14-6-7-16-17(10-14)34-22(25-16)26-19(30)8-9-28-11-18(29(32)33)24-13(28)2/h3-7,10-11H,8-9H2,1-2H3,(H,27,31)(H,25,26,30). The lowest BCUT2D eigenvalue weighted by molar-refractivity contribution is -0.389. The number of rotatable bonds is 7. The van der Waals surface area contributed by atoms with Crippen LogP contribution in [-0.4, -0.2) is 31.3 Å². The minimum atomic E-state index is -0.575. The molecule has 0 bridgehead atoms. The Morgan fingerprint density at radius 2 is 1.97 bits per heavy atom. The van der Waals surface area contributed by atoms with Crippen LogP contribution in [0.3, 0.4) is 0 Å². The van der Waals surface area contributed by atoms with Crippen molar-refractivity contribution in [1.29, 1.82) is 0 Å². The number of amides is 2. The van der Waals surface area contributed by atoms with Crippen LogP contribution in [0.5, 0.6) is 0 Å². The number of nitrogens with zero attached hydrogens (tertiary/aromatic N) is 4. The molecule has 174 valence electrons. The number of carbonyl (C=O) groups is 2. The molecule has 2 heterocycles. The van der Waals surface area contributed by atoms with Crippen molar-refractivity contribution in [2.45, 2.75) is 26.8 Å². The highest BCUT2D eigenvalue weighted by Crippen LogP contribution is 2.29. The molecule has 0 aliphatic heterocycles. The number of hydrogen-bond donors (Lipinski definition) is 2. The van der Waals surface area contributed by atoms with E-state index in [2.05, 4.69) is 20.6 Å². The van der Waals surface area contributed by atoms with Crippen molar-refractivity contribution in [3.63, 3.8) is 0 Å². The third-order valence-electron chi connectivity index (χ3n) is 5.09. The Labute approximate surface area is 202 Å². The molecular weight excluding hydrogens is 480 g/mol. The molecule has 10 nitrogen and oxygen atoms in total. The predicted octanol–water partition coefficient (Wildman–Crippen LogP) is 4.95. The Bertz CT molecular complexity index is 1410. The lowest BCUT2D eigenvalue weighted by Crippen LogP contribution is -2.14. The summed E-state index contributed by atoms with van der Waals surface area (Å²) in [5, 5.41) is 17.3. The van der Waals surface area contributed by atoms with Crippen LogP contribution in [0.15, 0.2) is 42.6 Å². The zero-order valence-corrected chi connectivity index (χ0v) is 19.7. The number of aryl methyl sites for hydroxylation is 3. The largest absolute Gasteiger partial charge is 0.381 e. The van der Waals surface area contributed by atoms with E-state index in [1.165, 1.54) is 17.5 Å². The van der Waals surface area contributed by atoms with E-state index in [0.29, 0.717) is 32.7 Å². The van der Waals surface area contributed by atoms with Crippen molar-refractivity contribution in [3.8, 4) is 0 Å². The second-order valence-corrected chi connectivity index (χ2v) is 8.92. The lowest BCUT2D eigenvalue weighted by atomic mass is 10.1. The molecule has 0 aliphatic rings. The number of imidazole rings is 1. The smallest absolute Gasteiger partial charge is 0.358 e. The molecule has 4 aromatic rings. The second kappa shape index (κ2) is 9.57. The summed E-state index contributed by atoms with van der Waals surface area (Å²) in [6.07, 6.45) is 1.39. The molecule has 0 radical (unpaired) electrons. The summed E-state index contributed by atoms with van der Waals surface area (Å²) in [6, 6.07) is 10.5. The van der Waals surface area contributed by atoms with Crippen LogP contribution in [0.1, 0.15) is 28.2 Å². The Kier molecular flexibility index (Phi) is 6.57. The summed E-state index contributed by atoms with van der Waals surface area (Å²) in [6.45, 7) is 3.74. The maximum atomic E-state index is 12.7. The number of halogens is 1. The van der Waals surface area contributed by atoms with Gasteiger partial charge in [0.2, 0.25) is 11.7 Å². The first-order chi connectivity index (χ1) is 16.2. The van der Waals surface area contributed by atoms with Crippen LogP contribution in [-0.2, 0) is 11.3 Å². The highest BCUT2D eigenvalue weighted by Gasteiger charge is 2.17. The van der Waals surface area contributed by atoms with Crippen molar-refractivity contribution < 1.29 is 14.5 Å². The van der Waals surface area contributed by atoms with E-state index in [9.17, 15) is 19.7 Å². The van der Waals surface area contributed by atoms with Gasteiger partial charge in [-0.3, -0.25) is 9.59 Å². The third kappa shape index (κ3) is 5.05. The van der Waals surface area contributed by atoms with Crippen LogP contribution >= 0.6 is 22.9 Å². The number of nitrogens with one attached hydrogen (secondary N) is 2. The zero-order chi connectivity index (χ0) is 24.4. The summed E-state index contributed by atoms with van der Waals surface area (Å²) in [7, 11) is 0. The molecule has 0 atom stereocenters. The van der Waals surface area contributed by atoms with Gasteiger partial charge in [0.25, 0.3) is 5.91 Å². The van der Waals surface area contributed by atoms with Crippen LogP contribution < -0.4 is 10.6 Å². The van der Waals surface area contributed by atoms with Crippen molar-refractivity contribution in [2.75, 3.05) is 10.6 Å². The molecule has 2 amide bonds. The van der Waals surface area contributed by atoms with Crippen molar-refractivity contribution in [1.82, 2.24) is 14.5 Å². The fourth-order valence-corrected chi connectivity index (χ4v) is 4.50. The number of benzene rings is 2. The zero-order valence-electron chi connectivity index (χ0n) is 18.2. The van der Waals surface area contributed by atoms with Crippen molar-refractivity contribution >= 4 is 61.6 Å². The number of carbonyl (C=O) groups excluding carboxylic acids is 2. The van der Waals surface area contributed by atoms with E-state index in [1.807, 2.05) is 19.1 Å². The Hall–Kier alpha value is -3.83. The topological polar surface area (TPSA) is 132 Å². The lowest BCUT2D eigenvalue weighted by Gasteiger charge is -2.10. The molecule has 0 saturated carbocycles. The van der Waals surface area contributed by atoms with Crippen molar-refractivity contribution in [2.24, 2.45) is 0 Å². The summed E-state index contributed by atoms with van der Waals surface area (Å²) >= 11 is 7.44. The average molecular weight is 499 g/mol. The van der Waals surface area contributed by atoms with Gasteiger partial charge in [-0.05, 0) is 46.7 Å². The number of anilines is 2. The van der Waals surface area contributed by atoms with Gasteiger partial charge >= 0.3 is 5.82 Å². The Morgan fingerprint density at radius 3 is 2.68 bits per heavy atom. The monoisotopic (exact) mass is 498 g/mol. The van der Waals surface area contributed by atoms with E-state index in [0.717, 1.165) is 10.3 Å². The molecular formula is C22H19ClN6O4S. The fraction of sp³-hybridized carbons (Fsp3) is 0.182. The van der Waals surface area contributed by atoms with Gasteiger partial charge in [-0.1, -0.05) is 35.1 Å². The highest BCUT2D eigenvalue weighted by atomic mass is 35.5. The molecule has 2 aromatic carbocycles. The minimum Gasteiger partial charge on any atom is -0.358 e. The van der Waals surface area contributed by atoms with E-state index in [4.69, 9.17) is 11.6 Å². The van der Waals surface area contributed by atoms with Crippen molar-refractivity contribution in [3.05, 3.63) is 74.7 Å². The summed E-state index contributed by atoms with van der Waals surface area (Å²) < 4.78 is 2.29. The summed E-state index contributed by atoms with van der Waals surface area (Å²) in [4.78, 5) is 43.6. The van der Waals surface area contributed by atoms with Gasteiger partial charge in [-0.2, -0.15) is 0 Å². The van der Waals surface area contributed by atoms with Crippen LogP contribution in [0.2, 0.25) is 5.02 Å². The van der Waals surface area contributed by atoms with E-state index >= 15 is 0 Å². The van der Waals surface area contributed by atoms with Gasteiger partial charge in [0.05, 0.1) is 20.9 Å². The molecule has 0 saturated heterocycles. The third-order valence-corrected chi connectivity index (χ3v) is 6.34. The summed E-state index contributed by atoms with van der Waals surface area (Å²) in [5.74, 6) is -0.394. The number of nitro groups is 1. The van der Waals surface area contributed by atoms with Gasteiger partial charge in [-0.25, -0.2) is 4.98 Å². The molecule has 0 aliphatic carbocycles. The molecule has 12 heteroatoms. The van der Waals surface area contributed by atoms with Gasteiger partial charge in [0, 0.05) is 25.5 Å². The first-order valence-corrected chi connectivity index (χ1v) is 11.4. The molecule has 0 unspecified atom stereocenters. The maximum absolute atomic E-state index is 12.7. The average Bonchev–Trinajstić information content (AvgIpc) is 3.36. The van der Waals surface area contributed by atoms with E-state index in [-0.39, 0.29) is 30.6 Å². The van der Waals surface area contributed by atoms with E-state index < -0.39 is 4.92 Å². The highest BCUT2D eigenvalue weighted by molar-refractivity contribution is 7.22. The molecule has 4 rings (SSSR count). The van der Waals surface area contributed by atoms with Gasteiger partial charge < -0.3 is 25.3 Å². The number of aromatic nitrogens is 3. The Morgan fingerprint density at radius 1 is 1.18 bits per heavy atom. The van der Waals surface area contributed by atoms with E-state index in [1.54, 1.807) is 35.8 Å². The number of hydrogen-bond acceptors (Lipinski definition) is 7. The summed E-state index contributed by atoms with van der Waals surface area (Å²) in [5.41, 5.74) is 2.49. The number of fused-ring (bicyclic) bond motifs is 1. The fourth-order valence-electron chi connectivity index (χ4n) is 3.31. The van der Waals surface area contributed by atoms with Gasteiger partial charge in [0.1, 0.15) is 6.20 Å². The van der Waals surface area contributed by atoms with Gasteiger partial charge in [0.15, 0.2) is 5.13 Å². The number of para-hydroxylation sites is 1. The quantitative estimate of drug-likeness (QED) is 0.273. The maximum Gasteiger partial charge on any atom is 0.381 e. The van der Waals surface area contributed by atoms with Crippen LogP contribution in [0.4, 0.5) is 16.6 Å². The Balaban J connectivity index is 1.42. The van der Waals surface area contributed by atoms with Gasteiger partial charge in [-0.15, -0.1) is 0 Å². The predicted molar refractivity (Wildman–Crippen MR) is 131 cm³/mol. The molecule has 0 fully saturated rings. The first kappa shape index (κ1) is 23.3. The SMILES string of the molecule is Cc1cccc(Cl)c1NC(=O)c1ccc2nc(NC(=O)CCn3cc([N+](=O)[O-])nc3C)sc2c1. The normalized spacial score (nSPS) is 10.9. The molecule has 34 heavy (non-hydrogen) atoms. The molecule has 2 aromatic heterocycles. The first-order valence-electron chi connectivity index (χ1n) is 10.2.